The lowest BCUT2D eigenvalue weighted by Crippen LogP contribution is -2.41. The Balaban J connectivity index is 2.22. The normalized spacial score (nSPS) is 26.3. The fourth-order valence-electron chi connectivity index (χ4n) is 1.93. The van der Waals surface area contributed by atoms with E-state index < -0.39 is 8.32 Å². The van der Waals surface area contributed by atoms with E-state index in [1.165, 1.54) is 0 Å². The van der Waals surface area contributed by atoms with Crippen molar-refractivity contribution in [2.24, 2.45) is 0 Å². The molecule has 0 aromatic rings. The number of ether oxygens (including phenoxy) is 1. The molecule has 1 saturated heterocycles. The van der Waals surface area contributed by atoms with Crippen LogP contribution in [0.2, 0.25) is 18.1 Å². The van der Waals surface area contributed by atoms with E-state index in [9.17, 15) is 5.11 Å². The van der Waals surface area contributed by atoms with Crippen LogP contribution in [0, 0.1) is 0 Å². The van der Waals surface area contributed by atoms with Crippen LogP contribution in [-0.2, 0) is 9.16 Å². The largest absolute Gasteiger partial charge is 0.417 e. The summed E-state index contributed by atoms with van der Waals surface area (Å²) in [5, 5.41) is 10.1. The molecule has 0 unspecified atom stereocenters. The summed E-state index contributed by atoms with van der Waals surface area (Å²) in [5.41, 5.74) is 0. The third-order valence-corrected chi connectivity index (χ3v) is 8.85. The van der Waals surface area contributed by atoms with E-state index in [0.717, 1.165) is 38.9 Å². The van der Waals surface area contributed by atoms with Gasteiger partial charge in [0.05, 0.1) is 12.2 Å². The standard InChI is InChI=1S/C14H30O3Si/c1-14(2,3)18(4,5)17-11-7-9-13-12(15)8-6-10-16-13/h12-13,15H,6-11H2,1-5H3/t12-,13+/m0/s1. The highest BCUT2D eigenvalue weighted by Gasteiger charge is 2.36. The van der Waals surface area contributed by atoms with Crippen LogP contribution in [0.15, 0.2) is 0 Å². The van der Waals surface area contributed by atoms with Gasteiger partial charge in [0.2, 0.25) is 0 Å². The van der Waals surface area contributed by atoms with Gasteiger partial charge in [0.25, 0.3) is 0 Å². The first-order chi connectivity index (χ1) is 8.24. The fraction of sp³-hybridized carbons (Fsp3) is 1.00. The maximum atomic E-state index is 9.80. The quantitative estimate of drug-likeness (QED) is 0.617. The molecule has 1 heterocycles. The molecule has 3 nitrogen and oxygen atoms in total. The van der Waals surface area contributed by atoms with Gasteiger partial charge in [-0.05, 0) is 43.8 Å². The van der Waals surface area contributed by atoms with Crippen LogP contribution < -0.4 is 0 Å². The Labute approximate surface area is 113 Å². The van der Waals surface area contributed by atoms with Crippen molar-refractivity contribution < 1.29 is 14.3 Å². The highest BCUT2D eigenvalue weighted by atomic mass is 28.4. The zero-order valence-electron chi connectivity index (χ0n) is 12.7. The van der Waals surface area contributed by atoms with Crippen molar-refractivity contribution >= 4 is 8.32 Å². The Kier molecular flexibility index (Phi) is 5.84. The van der Waals surface area contributed by atoms with Gasteiger partial charge in [-0.1, -0.05) is 20.8 Å². The van der Waals surface area contributed by atoms with Gasteiger partial charge in [-0.2, -0.15) is 0 Å². The number of aliphatic hydroxyl groups is 1. The molecule has 0 spiro atoms. The van der Waals surface area contributed by atoms with E-state index in [0.29, 0.717) is 0 Å². The Morgan fingerprint density at radius 2 is 2.00 bits per heavy atom. The Hall–Kier alpha value is 0.0969. The molecular formula is C14H30O3Si. The molecule has 108 valence electrons. The fourth-order valence-corrected chi connectivity index (χ4v) is 3.02. The average Bonchev–Trinajstić information content (AvgIpc) is 2.25. The molecule has 0 aliphatic carbocycles. The molecule has 1 fully saturated rings. The Morgan fingerprint density at radius 1 is 1.33 bits per heavy atom. The molecule has 0 amide bonds. The first-order valence-electron chi connectivity index (χ1n) is 7.18. The molecule has 1 aliphatic heterocycles. The van der Waals surface area contributed by atoms with Crippen LogP contribution in [0.4, 0.5) is 0 Å². The van der Waals surface area contributed by atoms with Crippen molar-refractivity contribution in [3.8, 4) is 0 Å². The molecule has 1 rings (SSSR count). The van der Waals surface area contributed by atoms with Gasteiger partial charge in [-0.3, -0.25) is 0 Å². The summed E-state index contributed by atoms with van der Waals surface area (Å²) in [6.07, 6.45) is 3.52. The molecule has 0 bridgehead atoms. The lowest BCUT2D eigenvalue weighted by Gasteiger charge is -2.36. The van der Waals surface area contributed by atoms with E-state index in [4.69, 9.17) is 9.16 Å². The van der Waals surface area contributed by atoms with Gasteiger partial charge in [-0.15, -0.1) is 0 Å². The van der Waals surface area contributed by atoms with Crippen molar-refractivity contribution in [2.45, 2.75) is 76.8 Å². The molecule has 2 atom stereocenters. The van der Waals surface area contributed by atoms with Crippen molar-refractivity contribution in [3.05, 3.63) is 0 Å². The zero-order valence-corrected chi connectivity index (χ0v) is 13.7. The third kappa shape index (κ3) is 4.65. The van der Waals surface area contributed by atoms with Crippen LogP contribution in [0.3, 0.4) is 0 Å². The third-order valence-electron chi connectivity index (χ3n) is 4.31. The van der Waals surface area contributed by atoms with Crippen LogP contribution >= 0.6 is 0 Å². The van der Waals surface area contributed by atoms with Crippen LogP contribution in [-0.4, -0.2) is 38.8 Å². The molecule has 4 heteroatoms. The van der Waals surface area contributed by atoms with Crippen molar-refractivity contribution in [3.63, 3.8) is 0 Å². The van der Waals surface area contributed by atoms with Gasteiger partial charge in [0.1, 0.15) is 0 Å². The maximum Gasteiger partial charge on any atom is 0.191 e. The van der Waals surface area contributed by atoms with E-state index in [2.05, 4.69) is 33.9 Å². The van der Waals surface area contributed by atoms with E-state index in [1.807, 2.05) is 0 Å². The lowest BCUT2D eigenvalue weighted by atomic mass is 10.0. The summed E-state index contributed by atoms with van der Waals surface area (Å²) in [7, 11) is -1.61. The van der Waals surface area contributed by atoms with Gasteiger partial charge in [0.15, 0.2) is 8.32 Å². The minimum Gasteiger partial charge on any atom is -0.417 e. The van der Waals surface area contributed by atoms with Gasteiger partial charge < -0.3 is 14.3 Å². The predicted molar refractivity (Wildman–Crippen MR) is 77.4 cm³/mol. The second-order valence-corrected chi connectivity index (χ2v) is 11.7. The zero-order chi connectivity index (χ0) is 13.8. The van der Waals surface area contributed by atoms with Crippen molar-refractivity contribution in [1.82, 2.24) is 0 Å². The maximum absolute atomic E-state index is 9.80. The molecular weight excluding hydrogens is 244 g/mol. The second kappa shape index (κ2) is 6.50. The number of hydrogen-bond acceptors (Lipinski definition) is 3. The van der Waals surface area contributed by atoms with Crippen molar-refractivity contribution in [2.75, 3.05) is 13.2 Å². The molecule has 18 heavy (non-hydrogen) atoms. The smallest absolute Gasteiger partial charge is 0.191 e. The summed E-state index contributed by atoms with van der Waals surface area (Å²) in [6.45, 7) is 12.9. The minimum atomic E-state index is -1.61. The average molecular weight is 274 g/mol. The first kappa shape index (κ1) is 16.2. The second-order valence-electron chi connectivity index (χ2n) is 6.87. The molecule has 1 N–H and O–H groups in total. The highest BCUT2D eigenvalue weighted by molar-refractivity contribution is 6.74. The highest BCUT2D eigenvalue weighted by Crippen LogP contribution is 2.36. The Morgan fingerprint density at radius 3 is 2.56 bits per heavy atom. The van der Waals surface area contributed by atoms with Crippen molar-refractivity contribution in [1.29, 1.82) is 0 Å². The first-order valence-corrected chi connectivity index (χ1v) is 10.1. The lowest BCUT2D eigenvalue weighted by molar-refractivity contribution is -0.0783. The summed E-state index contributed by atoms with van der Waals surface area (Å²) in [4.78, 5) is 0. The number of aliphatic hydroxyl groups excluding tert-OH is 1. The van der Waals surface area contributed by atoms with E-state index >= 15 is 0 Å². The minimum absolute atomic E-state index is 0.0294. The van der Waals surface area contributed by atoms with Gasteiger partial charge in [-0.25, -0.2) is 0 Å². The number of hydrogen-bond donors (Lipinski definition) is 1. The summed E-state index contributed by atoms with van der Waals surface area (Å²) >= 11 is 0. The van der Waals surface area contributed by atoms with Crippen LogP contribution in [0.5, 0.6) is 0 Å². The SMILES string of the molecule is CC(C)(C)[Si](C)(C)OCCC[C@H]1OCCC[C@@H]1O. The summed E-state index contributed by atoms with van der Waals surface area (Å²) < 4.78 is 11.7. The molecule has 0 saturated carbocycles. The predicted octanol–water partition coefficient (Wildman–Crippen LogP) is 3.33. The molecule has 1 aliphatic rings. The summed E-state index contributed by atoms with van der Waals surface area (Å²) in [5.74, 6) is 0. The van der Waals surface area contributed by atoms with Gasteiger partial charge in [0, 0.05) is 13.2 Å². The van der Waals surface area contributed by atoms with Crippen LogP contribution in [0.1, 0.15) is 46.5 Å². The molecule has 0 aromatic heterocycles. The monoisotopic (exact) mass is 274 g/mol. The molecule has 0 radical (unpaired) electrons. The topological polar surface area (TPSA) is 38.7 Å². The van der Waals surface area contributed by atoms with Gasteiger partial charge >= 0.3 is 0 Å². The summed E-state index contributed by atoms with van der Waals surface area (Å²) in [6, 6.07) is 0. The van der Waals surface area contributed by atoms with E-state index in [1.54, 1.807) is 0 Å². The van der Waals surface area contributed by atoms with Crippen LogP contribution in [0.25, 0.3) is 0 Å². The molecule has 0 aromatic carbocycles. The number of rotatable bonds is 5. The Bertz CT molecular complexity index is 248. The van der Waals surface area contributed by atoms with E-state index in [-0.39, 0.29) is 17.2 Å².